The molecule has 1 aromatic heterocycles. The van der Waals surface area contributed by atoms with E-state index in [1.54, 1.807) is 13.8 Å². The van der Waals surface area contributed by atoms with Crippen LogP contribution < -0.4 is 14.2 Å². The molecule has 31 heavy (non-hydrogen) atoms. The number of carbonyl (C=O) groups excluding carboxylic acids is 1. The van der Waals surface area contributed by atoms with Gasteiger partial charge in [-0.1, -0.05) is 6.92 Å². The third kappa shape index (κ3) is 4.14. The van der Waals surface area contributed by atoms with Crippen molar-refractivity contribution in [2.24, 2.45) is 5.92 Å². The van der Waals surface area contributed by atoms with Gasteiger partial charge in [-0.15, -0.1) is 0 Å². The number of hydrogen-bond acceptors (Lipinski definition) is 7. The van der Waals surface area contributed by atoms with Crippen LogP contribution in [0, 0.1) is 19.8 Å². The normalized spacial score (nSPS) is 15.7. The van der Waals surface area contributed by atoms with E-state index in [2.05, 4.69) is 12.0 Å². The van der Waals surface area contributed by atoms with Crippen molar-refractivity contribution < 1.29 is 27.4 Å². The Hall–Kier alpha value is -2.59. The summed E-state index contributed by atoms with van der Waals surface area (Å²) >= 11 is 0. The lowest BCUT2D eigenvalue weighted by Crippen LogP contribution is -2.38. The van der Waals surface area contributed by atoms with E-state index in [-0.39, 0.29) is 21.8 Å². The van der Waals surface area contributed by atoms with Gasteiger partial charge in [0.1, 0.15) is 4.90 Å². The summed E-state index contributed by atoms with van der Waals surface area (Å²) in [5.74, 6) is 1.01. The molecule has 0 atom stereocenters. The molecular formula is C21H29N3O6S. The third-order valence-electron chi connectivity index (χ3n) is 5.67. The topological polar surface area (TPSA) is 100.0 Å². The Morgan fingerprint density at radius 1 is 1.03 bits per heavy atom. The summed E-state index contributed by atoms with van der Waals surface area (Å²) in [6, 6.07) is 3.03. The fourth-order valence-corrected chi connectivity index (χ4v) is 5.70. The molecule has 10 heteroatoms. The lowest BCUT2D eigenvalue weighted by atomic mass is 10.0. The van der Waals surface area contributed by atoms with Gasteiger partial charge < -0.3 is 14.2 Å². The molecule has 1 aliphatic rings. The maximum Gasteiger partial charge on any atom is 0.278 e. The van der Waals surface area contributed by atoms with Crippen molar-refractivity contribution in [1.82, 2.24) is 14.1 Å². The van der Waals surface area contributed by atoms with Crippen molar-refractivity contribution in [3.05, 3.63) is 29.1 Å². The summed E-state index contributed by atoms with van der Waals surface area (Å²) < 4.78 is 45.1. The lowest BCUT2D eigenvalue weighted by Gasteiger charge is -2.29. The van der Waals surface area contributed by atoms with Crippen LogP contribution in [0.4, 0.5) is 0 Å². The largest absolute Gasteiger partial charge is 0.493 e. The zero-order chi connectivity index (χ0) is 22.9. The van der Waals surface area contributed by atoms with Crippen LogP contribution >= 0.6 is 0 Å². The molecule has 3 rings (SSSR count). The highest BCUT2D eigenvalue weighted by atomic mass is 32.2. The van der Waals surface area contributed by atoms with E-state index in [9.17, 15) is 13.2 Å². The van der Waals surface area contributed by atoms with Gasteiger partial charge in [-0.25, -0.2) is 8.42 Å². The number of ether oxygens (including phenoxy) is 3. The molecule has 0 saturated carbocycles. The van der Waals surface area contributed by atoms with Crippen molar-refractivity contribution in [3.8, 4) is 17.2 Å². The van der Waals surface area contributed by atoms with E-state index in [1.165, 1.54) is 37.8 Å². The second-order valence-corrected chi connectivity index (χ2v) is 9.59. The molecule has 1 aromatic carbocycles. The molecule has 0 radical (unpaired) electrons. The molecule has 9 nitrogen and oxygen atoms in total. The number of piperidine rings is 1. The molecule has 2 aromatic rings. The first-order valence-corrected chi connectivity index (χ1v) is 11.5. The number of methoxy groups -OCH3 is 3. The predicted molar refractivity (Wildman–Crippen MR) is 115 cm³/mol. The lowest BCUT2D eigenvalue weighted by molar-refractivity contribution is 0.0941. The number of carbonyl (C=O) groups is 1. The van der Waals surface area contributed by atoms with Crippen molar-refractivity contribution in [2.45, 2.75) is 38.5 Å². The summed E-state index contributed by atoms with van der Waals surface area (Å²) in [7, 11) is 0.639. The first-order chi connectivity index (χ1) is 14.6. The molecule has 1 fully saturated rings. The van der Waals surface area contributed by atoms with Crippen molar-refractivity contribution >= 4 is 15.9 Å². The van der Waals surface area contributed by atoms with Crippen LogP contribution in [-0.4, -0.2) is 62.8 Å². The SMILES string of the molecule is COc1cc(C(=O)n2nc(C)c(S(=O)(=O)N3CCC(C)CC3)c2C)cc(OC)c1OC. The van der Waals surface area contributed by atoms with Gasteiger partial charge in [-0.2, -0.15) is 14.1 Å². The Morgan fingerprint density at radius 2 is 1.58 bits per heavy atom. The van der Waals surface area contributed by atoms with E-state index in [0.29, 0.717) is 36.3 Å². The first-order valence-electron chi connectivity index (χ1n) is 10.1. The highest BCUT2D eigenvalue weighted by Gasteiger charge is 2.34. The van der Waals surface area contributed by atoms with Crippen molar-refractivity contribution in [1.29, 1.82) is 0 Å². The van der Waals surface area contributed by atoms with E-state index >= 15 is 0 Å². The number of nitrogens with zero attached hydrogens (tertiary/aromatic N) is 3. The average molecular weight is 452 g/mol. The molecule has 1 saturated heterocycles. The van der Waals surface area contributed by atoms with Crippen LogP contribution in [0.3, 0.4) is 0 Å². The van der Waals surface area contributed by atoms with E-state index in [1.807, 2.05) is 0 Å². The summed E-state index contributed by atoms with van der Waals surface area (Å²) in [5, 5.41) is 4.26. The van der Waals surface area contributed by atoms with Gasteiger partial charge in [0, 0.05) is 18.7 Å². The van der Waals surface area contributed by atoms with E-state index in [0.717, 1.165) is 17.5 Å². The third-order valence-corrected chi connectivity index (χ3v) is 7.82. The molecule has 0 spiro atoms. The fraction of sp³-hybridized carbons (Fsp3) is 0.524. The Labute approximate surface area is 182 Å². The minimum atomic E-state index is -3.75. The van der Waals surface area contributed by atoms with Crippen LogP contribution in [0.15, 0.2) is 17.0 Å². The zero-order valence-corrected chi connectivity index (χ0v) is 19.6. The summed E-state index contributed by atoms with van der Waals surface area (Å²) in [6.07, 6.45) is 1.63. The highest BCUT2D eigenvalue weighted by Crippen LogP contribution is 2.38. The van der Waals surface area contributed by atoms with Crippen LogP contribution in [0.5, 0.6) is 17.2 Å². The highest BCUT2D eigenvalue weighted by molar-refractivity contribution is 7.89. The smallest absolute Gasteiger partial charge is 0.278 e. The van der Waals surface area contributed by atoms with Gasteiger partial charge in [0.15, 0.2) is 11.5 Å². The molecule has 0 aliphatic carbocycles. The maximum atomic E-state index is 13.3. The van der Waals surface area contributed by atoms with Crippen molar-refractivity contribution in [2.75, 3.05) is 34.4 Å². The quantitative estimate of drug-likeness (QED) is 0.666. The van der Waals surface area contributed by atoms with Crippen LogP contribution in [-0.2, 0) is 10.0 Å². The number of benzene rings is 1. The number of aryl methyl sites for hydroxylation is 1. The number of hydrogen-bond donors (Lipinski definition) is 0. The van der Waals surface area contributed by atoms with E-state index < -0.39 is 15.9 Å². The molecule has 0 unspecified atom stereocenters. The Bertz CT molecular complexity index is 1060. The summed E-state index contributed by atoms with van der Waals surface area (Å²) in [5.41, 5.74) is 0.794. The monoisotopic (exact) mass is 451 g/mol. The van der Waals surface area contributed by atoms with Crippen LogP contribution in [0.2, 0.25) is 0 Å². The maximum absolute atomic E-state index is 13.3. The number of aromatic nitrogens is 2. The second-order valence-electron chi connectivity index (χ2n) is 7.72. The minimum absolute atomic E-state index is 0.0860. The van der Waals surface area contributed by atoms with Gasteiger partial charge in [0.05, 0.1) is 32.7 Å². The predicted octanol–water partition coefficient (Wildman–Crippen LogP) is 2.63. The second kappa shape index (κ2) is 8.88. The molecular weight excluding hydrogens is 422 g/mol. The molecule has 0 bridgehead atoms. The Kier molecular flexibility index (Phi) is 6.61. The summed E-state index contributed by atoms with van der Waals surface area (Å²) in [6.45, 7) is 6.25. The average Bonchev–Trinajstić information content (AvgIpc) is 3.06. The van der Waals surface area contributed by atoms with Gasteiger partial charge in [-0.3, -0.25) is 4.79 Å². The zero-order valence-electron chi connectivity index (χ0n) is 18.8. The van der Waals surface area contributed by atoms with Crippen molar-refractivity contribution in [3.63, 3.8) is 0 Å². The molecule has 1 aliphatic heterocycles. The minimum Gasteiger partial charge on any atom is -0.493 e. The molecule has 170 valence electrons. The van der Waals surface area contributed by atoms with Gasteiger partial charge in [0.25, 0.3) is 5.91 Å². The number of rotatable bonds is 6. The fourth-order valence-electron chi connectivity index (χ4n) is 3.88. The van der Waals surface area contributed by atoms with Crippen LogP contribution in [0.25, 0.3) is 0 Å². The van der Waals surface area contributed by atoms with Gasteiger partial charge in [-0.05, 0) is 44.7 Å². The number of sulfonamides is 1. The van der Waals surface area contributed by atoms with E-state index in [4.69, 9.17) is 14.2 Å². The summed E-state index contributed by atoms with van der Waals surface area (Å²) in [4.78, 5) is 13.3. The molecule has 0 N–H and O–H groups in total. The van der Waals surface area contributed by atoms with Gasteiger partial charge >= 0.3 is 0 Å². The van der Waals surface area contributed by atoms with Gasteiger partial charge in [0.2, 0.25) is 15.8 Å². The Morgan fingerprint density at radius 3 is 2.06 bits per heavy atom. The first kappa shape index (κ1) is 23.1. The standard InChI is InChI=1S/C21H29N3O6S/c1-13-7-9-23(10-8-13)31(26,27)20-14(2)22-24(15(20)3)21(25)16-11-17(28-4)19(30-6)18(12-16)29-5/h11-13H,7-10H2,1-6H3. The molecule has 0 amide bonds. The molecule has 2 heterocycles. The Balaban J connectivity index is 2.03. The van der Waals surface area contributed by atoms with Crippen LogP contribution in [0.1, 0.15) is 41.5 Å².